The van der Waals surface area contributed by atoms with Crippen LogP contribution in [0.5, 0.6) is 0 Å². The molecule has 1 heterocycles. The summed E-state index contributed by atoms with van der Waals surface area (Å²) in [4.78, 5) is 0. The van der Waals surface area contributed by atoms with Crippen LogP contribution in [0.3, 0.4) is 0 Å². The topological polar surface area (TPSA) is 46.2 Å². The van der Waals surface area contributed by atoms with Crippen LogP contribution in [-0.4, -0.2) is 26.0 Å². The van der Waals surface area contributed by atoms with Crippen LogP contribution in [-0.2, 0) is 16.0 Å². The molecule has 20 heavy (non-hydrogen) atoms. The number of sulfone groups is 1. The van der Waals surface area contributed by atoms with E-state index < -0.39 is 21.6 Å². The van der Waals surface area contributed by atoms with Gasteiger partial charge in [-0.15, -0.1) is 0 Å². The second-order valence-electron chi connectivity index (χ2n) is 4.76. The average molecular weight is 372 g/mol. The van der Waals surface area contributed by atoms with Gasteiger partial charge in [0, 0.05) is 16.2 Å². The molecule has 0 aliphatic carbocycles. The lowest BCUT2D eigenvalue weighted by Gasteiger charge is -2.24. The predicted octanol–water partition coefficient (Wildman–Crippen LogP) is 3.46. The van der Waals surface area contributed by atoms with Gasteiger partial charge < -0.3 is 5.32 Å². The van der Waals surface area contributed by atoms with E-state index in [1.165, 1.54) is 6.07 Å². The summed E-state index contributed by atoms with van der Waals surface area (Å²) < 4.78 is 60.5. The minimum atomic E-state index is -4.38. The summed E-state index contributed by atoms with van der Waals surface area (Å²) in [7, 11) is -2.94. The lowest BCUT2D eigenvalue weighted by molar-refractivity contribution is -0.137. The Bertz CT molecular complexity index is 587. The molecule has 0 aromatic heterocycles. The maximum absolute atomic E-state index is 12.5. The van der Waals surface area contributed by atoms with Crippen LogP contribution in [0.15, 0.2) is 22.7 Å². The van der Waals surface area contributed by atoms with Crippen LogP contribution in [0.4, 0.5) is 18.9 Å². The first-order valence-corrected chi connectivity index (χ1v) is 8.62. The highest BCUT2D eigenvalue weighted by atomic mass is 79.9. The van der Waals surface area contributed by atoms with Gasteiger partial charge in [-0.05, 0) is 47.0 Å². The molecular formula is C12H13BrF3NO2S. The zero-order chi connectivity index (χ0) is 15.0. The molecule has 1 aromatic carbocycles. The summed E-state index contributed by atoms with van der Waals surface area (Å²) in [5.74, 6) is 0.228. The SMILES string of the molecule is O=S1(=O)CCC(Nc2ccc(C(F)(F)F)cc2Br)CC1. The highest BCUT2D eigenvalue weighted by Crippen LogP contribution is 2.34. The Morgan fingerprint density at radius 3 is 2.30 bits per heavy atom. The summed E-state index contributed by atoms with van der Waals surface area (Å²) in [6.45, 7) is 0. The first kappa shape index (κ1) is 15.6. The van der Waals surface area contributed by atoms with E-state index in [-0.39, 0.29) is 17.5 Å². The Morgan fingerprint density at radius 1 is 1.20 bits per heavy atom. The fourth-order valence-electron chi connectivity index (χ4n) is 2.06. The summed E-state index contributed by atoms with van der Waals surface area (Å²) in [5, 5.41) is 3.09. The van der Waals surface area contributed by atoms with Crippen LogP contribution in [0.2, 0.25) is 0 Å². The van der Waals surface area contributed by atoms with Gasteiger partial charge in [0.2, 0.25) is 0 Å². The molecular weight excluding hydrogens is 359 g/mol. The normalized spacial score (nSPS) is 19.8. The summed E-state index contributed by atoms with van der Waals surface area (Å²) in [6.07, 6.45) is -3.44. The van der Waals surface area contributed by atoms with Gasteiger partial charge in [-0.1, -0.05) is 0 Å². The first-order valence-electron chi connectivity index (χ1n) is 6.01. The quantitative estimate of drug-likeness (QED) is 0.865. The van der Waals surface area contributed by atoms with E-state index in [4.69, 9.17) is 0 Å². The van der Waals surface area contributed by atoms with Crippen molar-refractivity contribution < 1.29 is 21.6 Å². The number of halogens is 4. The minimum absolute atomic E-state index is 0.0356. The fraction of sp³-hybridized carbons (Fsp3) is 0.500. The number of hydrogen-bond acceptors (Lipinski definition) is 3. The third-order valence-corrected chi connectivity index (χ3v) is 5.58. The first-order chi connectivity index (χ1) is 9.17. The van der Waals surface area contributed by atoms with Gasteiger partial charge in [0.1, 0.15) is 9.84 Å². The Labute approximate surface area is 123 Å². The van der Waals surface area contributed by atoms with Crippen molar-refractivity contribution >= 4 is 31.5 Å². The van der Waals surface area contributed by atoms with Crippen molar-refractivity contribution in [2.45, 2.75) is 25.1 Å². The Morgan fingerprint density at radius 2 is 1.80 bits per heavy atom. The van der Waals surface area contributed by atoms with Crippen LogP contribution in [0.25, 0.3) is 0 Å². The molecule has 1 fully saturated rings. The zero-order valence-corrected chi connectivity index (χ0v) is 12.8. The molecule has 0 amide bonds. The van der Waals surface area contributed by atoms with Crippen molar-refractivity contribution in [2.24, 2.45) is 0 Å². The van der Waals surface area contributed by atoms with Gasteiger partial charge in [0.15, 0.2) is 0 Å². The van der Waals surface area contributed by atoms with Gasteiger partial charge in [-0.2, -0.15) is 13.2 Å². The maximum Gasteiger partial charge on any atom is 0.416 e. The highest BCUT2D eigenvalue weighted by molar-refractivity contribution is 9.10. The second kappa shape index (κ2) is 5.55. The summed E-state index contributed by atoms with van der Waals surface area (Å²) >= 11 is 3.11. The van der Waals surface area contributed by atoms with Gasteiger partial charge in [0.05, 0.1) is 17.1 Å². The number of alkyl halides is 3. The molecule has 0 atom stereocenters. The smallest absolute Gasteiger partial charge is 0.381 e. The molecule has 2 rings (SSSR count). The van der Waals surface area contributed by atoms with Crippen LogP contribution < -0.4 is 5.32 Å². The Hall–Kier alpha value is -0.760. The van der Waals surface area contributed by atoms with Gasteiger partial charge in [0.25, 0.3) is 0 Å². The Balaban J connectivity index is 2.08. The molecule has 8 heteroatoms. The van der Waals surface area contributed by atoms with Crippen molar-refractivity contribution in [1.29, 1.82) is 0 Å². The molecule has 0 saturated carbocycles. The van der Waals surface area contributed by atoms with Crippen LogP contribution >= 0.6 is 15.9 Å². The molecule has 1 N–H and O–H groups in total. The molecule has 0 spiro atoms. The van der Waals surface area contributed by atoms with Crippen LogP contribution in [0, 0.1) is 0 Å². The molecule has 1 aliphatic heterocycles. The number of hydrogen-bond donors (Lipinski definition) is 1. The van der Waals surface area contributed by atoms with E-state index in [1.807, 2.05) is 0 Å². The van der Waals surface area contributed by atoms with Gasteiger partial charge in [-0.3, -0.25) is 0 Å². The lowest BCUT2D eigenvalue weighted by atomic mass is 10.1. The second-order valence-corrected chi connectivity index (χ2v) is 7.92. The number of rotatable bonds is 2. The molecule has 1 saturated heterocycles. The lowest BCUT2D eigenvalue weighted by Crippen LogP contribution is -2.32. The van der Waals surface area contributed by atoms with Crippen molar-refractivity contribution in [3.05, 3.63) is 28.2 Å². The van der Waals surface area contributed by atoms with E-state index in [9.17, 15) is 21.6 Å². The molecule has 3 nitrogen and oxygen atoms in total. The average Bonchev–Trinajstić information content (AvgIpc) is 2.33. The summed E-state index contributed by atoms with van der Waals surface area (Å²) in [5.41, 5.74) is -0.177. The van der Waals surface area contributed by atoms with E-state index in [1.54, 1.807) is 0 Å². The molecule has 1 aromatic rings. The molecule has 1 aliphatic rings. The molecule has 112 valence electrons. The van der Waals surface area contributed by atoms with E-state index in [0.717, 1.165) is 12.1 Å². The van der Waals surface area contributed by atoms with E-state index in [2.05, 4.69) is 21.2 Å². The van der Waals surface area contributed by atoms with Crippen molar-refractivity contribution in [2.75, 3.05) is 16.8 Å². The number of benzene rings is 1. The van der Waals surface area contributed by atoms with Gasteiger partial charge >= 0.3 is 6.18 Å². The van der Waals surface area contributed by atoms with Crippen LogP contribution in [0.1, 0.15) is 18.4 Å². The standard InChI is InChI=1S/C12H13BrF3NO2S/c13-10-7-8(12(14,15)16)1-2-11(10)17-9-3-5-20(18,19)6-4-9/h1-2,7,9,17H,3-6H2. The van der Waals surface area contributed by atoms with E-state index >= 15 is 0 Å². The van der Waals surface area contributed by atoms with Gasteiger partial charge in [-0.25, -0.2) is 8.42 Å². The van der Waals surface area contributed by atoms with E-state index in [0.29, 0.717) is 23.0 Å². The van der Waals surface area contributed by atoms with Crippen molar-refractivity contribution in [3.8, 4) is 0 Å². The third-order valence-electron chi connectivity index (χ3n) is 3.21. The third kappa shape index (κ3) is 3.88. The molecule has 0 unspecified atom stereocenters. The maximum atomic E-state index is 12.5. The highest BCUT2D eigenvalue weighted by Gasteiger charge is 2.31. The predicted molar refractivity (Wildman–Crippen MR) is 74.4 cm³/mol. The molecule has 0 bridgehead atoms. The fourth-order valence-corrected chi connectivity index (χ4v) is 4.05. The number of nitrogens with one attached hydrogen (secondary N) is 1. The largest absolute Gasteiger partial charge is 0.416 e. The minimum Gasteiger partial charge on any atom is -0.381 e. The summed E-state index contributed by atoms with van der Waals surface area (Å²) in [6, 6.07) is 3.34. The monoisotopic (exact) mass is 371 g/mol. The Kier molecular flexibility index (Phi) is 4.34. The zero-order valence-electron chi connectivity index (χ0n) is 10.4. The molecule has 0 radical (unpaired) electrons. The number of anilines is 1. The van der Waals surface area contributed by atoms with Crippen molar-refractivity contribution in [3.63, 3.8) is 0 Å². The van der Waals surface area contributed by atoms with Crippen molar-refractivity contribution in [1.82, 2.24) is 0 Å².